The third kappa shape index (κ3) is 7.41. The van der Waals surface area contributed by atoms with Crippen LogP contribution in [0.1, 0.15) is 37.0 Å². The van der Waals surface area contributed by atoms with Crippen molar-refractivity contribution in [1.82, 2.24) is 10.2 Å². The number of thioether (sulfide) groups is 1. The minimum atomic E-state index is -0.546. The van der Waals surface area contributed by atoms with Crippen LogP contribution in [0.4, 0.5) is 0 Å². The van der Waals surface area contributed by atoms with Crippen molar-refractivity contribution in [3.8, 4) is 5.75 Å². The van der Waals surface area contributed by atoms with E-state index in [1.54, 1.807) is 30.7 Å². The molecule has 0 saturated carbocycles. The van der Waals surface area contributed by atoms with Crippen molar-refractivity contribution in [2.45, 2.75) is 45.5 Å². The van der Waals surface area contributed by atoms with Gasteiger partial charge in [0.1, 0.15) is 11.8 Å². The van der Waals surface area contributed by atoms with Gasteiger partial charge in [0.2, 0.25) is 11.8 Å². The molecule has 2 amide bonds. The lowest BCUT2D eigenvalue weighted by Crippen LogP contribution is -2.48. The monoisotopic (exact) mass is 428 g/mol. The van der Waals surface area contributed by atoms with E-state index in [1.807, 2.05) is 37.3 Å². The predicted molar refractivity (Wildman–Crippen MR) is 124 cm³/mol. The Balaban J connectivity index is 2.08. The Bertz CT molecular complexity index is 841. The second-order valence-corrected chi connectivity index (χ2v) is 8.31. The molecular formula is C24H32N2O3S. The molecule has 6 heteroatoms. The minimum Gasteiger partial charge on any atom is -0.497 e. The highest BCUT2D eigenvalue weighted by molar-refractivity contribution is 7.99. The molecule has 0 radical (unpaired) electrons. The van der Waals surface area contributed by atoms with Crippen LogP contribution in [0.5, 0.6) is 5.75 Å². The minimum absolute atomic E-state index is 0.0466. The lowest BCUT2D eigenvalue weighted by atomic mass is 10.1. The van der Waals surface area contributed by atoms with Gasteiger partial charge in [0, 0.05) is 18.8 Å². The number of nitrogens with one attached hydrogen (secondary N) is 1. The van der Waals surface area contributed by atoms with Crippen molar-refractivity contribution >= 4 is 23.6 Å². The third-order valence-electron chi connectivity index (χ3n) is 4.78. The van der Waals surface area contributed by atoms with Gasteiger partial charge in [0.25, 0.3) is 0 Å². The first-order chi connectivity index (χ1) is 14.4. The largest absolute Gasteiger partial charge is 0.497 e. The van der Waals surface area contributed by atoms with Gasteiger partial charge in [-0.15, -0.1) is 11.8 Å². The van der Waals surface area contributed by atoms with E-state index in [-0.39, 0.29) is 11.8 Å². The standard InChI is InChI=1S/C24H32N2O3S/c1-5-12-25-24(28)19(3)26(15-20-9-7-11-22(14-20)29-4)23(27)17-30-16-21-10-6-8-18(2)13-21/h6-11,13-14,19H,5,12,15-17H2,1-4H3,(H,25,28)/t19-/m0/s1. The van der Waals surface area contributed by atoms with Gasteiger partial charge in [0.15, 0.2) is 0 Å². The summed E-state index contributed by atoms with van der Waals surface area (Å²) in [6.07, 6.45) is 0.856. The molecule has 0 aromatic heterocycles. The number of benzene rings is 2. The van der Waals surface area contributed by atoms with Gasteiger partial charge in [-0.3, -0.25) is 9.59 Å². The van der Waals surface area contributed by atoms with E-state index in [1.165, 1.54) is 11.1 Å². The maximum Gasteiger partial charge on any atom is 0.242 e. The van der Waals surface area contributed by atoms with E-state index < -0.39 is 6.04 Å². The third-order valence-corrected chi connectivity index (χ3v) is 5.77. The Labute approximate surface area is 184 Å². The molecule has 1 atom stereocenters. The predicted octanol–water partition coefficient (Wildman–Crippen LogP) is 4.18. The number of hydrogen-bond donors (Lipinski definition) is 1. The van der Waals surface area contributed by atoms with E-state index in [4.69, 9.17) is 4.74 Å². The van der Waals surface area contributed by atoms with Crippen LogP contribution in [0.15, 0.2) is 48.5 Å². The molecule has 0 unspecified atom stereocenters. The molecule has 0 saturated heterocycles. The summed E-state index contributed by atoms with van der Waals surface area (Å²) >= 11 is 1.57. The number of rotatable bonds is 11. The Morgan fingerprint density at radius 2 is 1.87 bits per heavy atom. The number of nitrogens with zero attached hydrogens (tertiary/aromatic N) is 1. The van der Waals surface area contributed by atoms with Gasteiger partial charge in [0.05, 0.1) is 12.9 Å². The summed E-state index contributed by atoms with van der Waals surface area (Å²) in [5, 5.41) is 2.90. The fraction of sp³-hybridized carbons (Fsp3) is 0.417. The number of methoxy groups -OCH3 is 1. The van der Waals surface area contributed by atoms with Crippen LogP contribution in [0.25, 0.3) is 0 Å². The average Bonchev–Trinajstić information content (AvgIpc) is 2.75. The molecule has 0 aliphatic carbocycles. The summed E-state index contributed by atoms with van der Waals surface area (Å²) in [6.45, 7) is 6.82. The molecule has 0 bridgehead atoms. The van der Waals surface area contributed by atoms with Gasteiger partial charge in [-0.05, 0) is 43.5 Å². The first-order valence-electron chi connectivity index (χ1n) is 10.3. The summed E-state index contributed by atoms with van der Waals surface area (Å²) in [4.78, 5) is 27.3. The molecule has 0 aliphatic rings. The van der Waals surface area contributed by atoms with Crippen molar-refractivity contribution in [2.24, 2.45) is 0 Å². The summed E-state index contributed by atoms with van der Waals surface area (Å²) in [7, 11) is 1.62. The fourth-order valence-electron chi connectivity index (χ4n) is 3.09. The molecule has 0 heterocycles. The maximum absolute atomic E-state index is 13.1. The van der Waals surface area contributed by atoms with Crippen LogP contribution in [0.2, 0.25) is 0 Å². The van der Waals surface area contributed by atoms with Crippen molar-refractivity contribution in [2.75, 3.05) is 19.4 Å². The Morgan fingerprint density at radius 3 is 2.57 bits per heavy atom. The molecular weight excluding hydrogens is 396 g/mol. The van der Waals surface area contributed by atoms with Crippen LogP contribution in [0.3, 0.4) is 0 Å². The number of carbonyl (C=O) groups is 2. The molecule has 2 aromatic rings. The molecule has 2 rings (SSSR count). The molecule has 30 heavy (non-hydrogen) atoms. The quantitative estimate of drug-likeness (QED) is 0.583. The van der Waals surface area contributed by atoms with Gasteiger partial charge >= 0.3 is 0 Å². The van der Waals surface area contributed by atoms with Gasteiger partial charge in [-0.25, -0.2) is 0 Å². The lowest BCUT2D eigenvalue weighted by Gasteiger charge is -2.29. The Kier molecular flexibility index (Phi) is 9.74. The van der Waals surface area contributed by atoms with Gasteiger partial charge in [-0.1, -0.05) is 48.9 Å². The fourth-order valence-corrected chi connectivity index (χ4v) is 3.94. The van der Waals surface area contributed by atoms with Crippen LogP contribution < -0.4 is 10.1 Å². The first kappa shape index (κ1) is 23.8. The number of carbonyl (C=O) groups excluding carboxylic acids is 2. The highest BCUT2D eigenvalue weighted by Gasteiger charge is 2.25. The highest BCUT2D eigenvalue weighted by Crippen LogP contribution is 2.19. The maximum atomic E-state index is 13.1. The van der Waals surface area contributed by atoms with Crippen molar-refractivity contribution < 1.29 is 14.3 Å². The summed E-state index contributed by atoms with van der Waals surface area (Å²) in [6, 6.07) is 15.3. The normalized spacial score (nSPS) is 11.6. The first-order valence-corrected chi connectivity index (χ1v) is 11.4. The molecule has 1 N–H and O–H groups in total. The molecule has 2 aromatic carbocycles. The van der Waals surface area contributed by atoms with E-state index >= 15 is 0 Å². The van der Waals surface area contributed by atoms with Crippen LogP contribution >= 0.6 is 11.8 Å². The van der Waals surface area contributed by atoms with Crippen LogP contribution in [-0.4, -0.2) is 42.2 Å². The number of ether oxygens (including phenoxy) is 1. The average molecular weight is 429 g/mol. The second kappa shape index (κ2) is 12.3. The van der Waals surface area contributed by atoms with Crippen LogP contribution in [-0.2, 0) is 21.9 Å². The van der Waals surface area contributed by atoms with E-state index in [0.29, 0.717) is 18.8 Å². The van der Waals surface area contributed by atoms with E-state index in [0.717, 1.165) is 23.5 Å². The van der Waals surface area contributed by atoms with Gasteiger partial charge < -0.3 is 15.0 Å². The zero-order valence-electron chi connectivity index (χ0n) is 18.3. The van der Waals surface area contributed by atoms with Crippen molar-refractivity contribution in [3.05, 3.63) is 65.2 Å². The Hall–Kier alpha value is -2.47. The number of amides is 2. The number of aryl methyl sites for hydroxylation is 1. The van der Waals surface area contributed by atoms with E-state index in [2.05, 4.69) is 30.4 Å². The SMILES string of the molecule is CCCNC(=O)[C@H](C)N(Cc1cccc(OC)c1)C(=O)CSCc1cccc(C)c1. The zero-order valence-corrected chi connectivity index (χ0v) is 19.1. The molecule has 5 nitrogen and oxygen atoms in total. The highest BCUT2D eigenvalue weighted by atomic mass is 32.2. The van der Waals surface area contributed by atoms with Crippen molar-refractivity contribution in [1.29, 1.82) is 0 Å². The smallest absolute Gasteiger partial charge is 0.242 e. The van der Waals surface area contributed by atoms with E-state index in [9.17, 15) is 9.59 Å². The molecule has 0 fully saturated rings. The Morgan fingerprint density at radius 1 is 1.13 bits per heavy atom. The summed E-state index contributed by atoms with van der Waals surface area (Å²) in [5.74, 6) is 1.64. The summed E-state index contributed by atoms with van der Waals surface area (Å²) < 4.78 is 5.29. The number of hydrogen-bond acceptors (Lipinski definition) is 4. The topological polar surface area (TPSA) is 58.6 Å². The molecule has 162 valence electrons. The second-order valence-electron chi connectivity index (χ2n) is 7.32. The molecule has 0 aliphatic heterocycles. The van der Waals surface area contributed by atoms with Crippen LogP contribution in [0, 0.1) is 6.92 Å². The van der Waals surface area contributed by atoms with Gasteiger partial charge in [-0.2, -0.15) is 0 Å². The molecule has 0 spiro atoms. The lowest BCUT2D eigenvalue weighted by molar-refractivity contribution is -0.138. The summed E-state index contributed by atoms with van der Waals surface area (Å²) in [5.41, 5.74) is 3.34. The van der Waals surface area contributed by atoms with Crippen molar-refractivity contribution in [3.63, 3.8) is 0 Å². The zero-order chi connectivity index (χ0) is 21.9.